The highest BCUT2D eigenvalue weighted by atomic mass is 16.7. The molecule has 8 heteroatoms. The van der Waals surface area contributed by atoms with Crippen LogP contribution in [0.1, 0.15) is 10.4 Å². The Bertz CT molecular complexity index is 507. The van der Waals surface area contributed by atoms with Crippen LogP contribution in [0.5, 0.6) is 5.75 Å². The average Bonchev–Trinajstić information content (AvgIpc) is 2.48. The van der Waals surface area contributed by atoms with Crippen LogP contribution in [0.4, 0.5) is 5.69 Å². The smallest absolute Gasteiger partial charge is 0.229 e. The van der Waals surface area contributed by atoms with Crippen LogP contribution in [0.2, 0.25) is 0 Å². The van der Waals surface area contributed by atoms with Gasteiger partial charge in [-0.3, -0.25) is 4.79 Å². The summed E-state index contributed by atoms with van der Waals surface area (Å²) in [5, 5.41) is 38.3. The van der Waals surface area contributed by atoms with Gasteiger partial charge in [-0.1, -0.05) is 6.07 Å². The number of carbonyl (C=O) groups excluding carboxylic acids is 1. The molecule has 5 atom stereocenters. The highest BCUT2D eigenvalue weighted by Crippen LogP contribution is 2.28. The Hall–Kier alpha value is -1.71. The van der Waals surface area contributed by atoms with Gasteiger partial charge in [-0.25, -0.2) is 0 Å². The molecule has 21 heavy (non-hydrogen) atoms. The summed E-state index contributed by atoms with van der Waals surface area (Å²) in [7, 11) is 0. The van der Waals surface area contributed by atoms with Crippen molar-refractivity contribution in [2.75, 3.05) is 12.3 Å². The lowest BCUT2D eigenvalue weighted by Gasteiger charge is -2.39. The second-order valence-electron chi connectivity index (χ2n) is 4.69. The zero-order valence-corrected chi connectivity index (χ0v) is 11.0. The first-order valence-electron chi connectivity index (χ1n) is 6.30. The third kappa shape index (κ3) is 2.99. The van der Waals surface area contributed by atoms with Gasteiger partial charge in [0.2, 0.25) is 6.29 Å². The van der Waals surface area contributed by atoms with E-state index in [4.69, 9.17) is 20.3 Å². The lowest BCUT2D eigenvalue weighted by atomic mass is 9.99. The van der Waals surface area contributed by atoms with E-state index in [-0.39, 0.29) is 17.0 Å². The number of aliphatic hydroxyl groups is 4. The lowest BCUT2D eigenvalue weighted by Crippen LogP contribution is -2.60. The normalized spacial score (nSPS) is 32.7. The minimum Gasteiger partial charge on any atom is -0.461 e. The predicted octanol–water partition coefficient (Wildman–Crippen LogP) is -1.74. The van der Waals surface area contributed by atoms with Crippen molar-refractivity contribution in [2.45, 2.75) is 30.7 Å². The topological polar surface area (TPSA) is 142 Å². The van der Waals surface area contributed by atoms with E-state index < -0.39 is 37.3 Å². The first-order valence-corrected chi connectivity index (χ1v) is 6.30. The first-order chi connectivity index (χ1) is 9.99. The van der Waals surface area contributed by atoms with Gasteiger partial charge in [0.1, 0.15) is 30.2 Å². The molecular weight excluding hydrogens is 282 g/mol. The Morgan fingerprint density at radius 1 is 1.24 bits per heavy atom. The fraction of sp³-hybridized carbons (Fsp3) is 0.462. The van der Waals surface area contributed by atoms with Crippen LogP contribution in [0.25, 0.3) is 0 Å². The molecule has 0 aliphatic carbocycles. The summed E-state index contributed by atoms with van der Waals surface area (Å²) in [6, 6.07) is 4.49. The zero-order valence-electron chi connectivity index (χ0n) is 11.0. The third-order valence-electron chi connectivity index (χ3n) is 3.31. The van der Waals surface area contributed by atoms with E-state index in [2.05, 4.69) is 0 Å². The van der Waals surface area contributed by atoms with E-state index >= 15 is 0 Å². The summed E-state index contributed by atoms with van der Waals surface area (Å²) >= 11 is 0. The Kier molecular flexibility index (Phi) is 4.76. The van der Waals surface area contributed by atoms with Crippen LogP contribution in [0.15, 0.2) is 18.2 Å². The van der Waals surface area contributed by atoms with Crippen molar-refractivity contribution in [1.29, 1.82) is 0 Å². The summed E-state index contributed by atoms with van der Waals surface area (Å²) in [5.74, 6) is 0.0642. The molecule has 0 aromatic heterocycles. The number of nitrogen functional groups attached to an aromatic ring is 1. The van der Waals surface area contributed by atoms with Gasteiger partial charge in [-0.15, -0.1) is 0 Å². The van der Waals surface area contributed by atoms with E-state index in [0.717, 1.165) is 0 Å². The molecule has 0 saturated carbocycles. The van der Waals surface area contributed by atoms with Crippen molar-refractivity contribution >= 4 is 12.0 Å². The number of benzene rings is 1. The molecular formula is C13H17NO7. The second kappa shape index (κ2) is 6.37. The SMILES string of the molecule is Nc1cccc(OC2O[C@H](CO)[C@@H](O)[C@H](O)[C@H]2O)c1C=O. The Morgan fingerprint density at radius 3 is 2.57 bits per heavy atom. The Labute approximate surface area is 120 Å². The molecule has 1 saturated heterocycles. The fourth-order valence-electron chi connectivity index (χ4n) is 2.08. The minimum atomic E-state index is -1.55. The monoisotopic (exact) mass is 299 g/mol. The summed E-state index contributed by atoms with van der Waals surface area (Å²) in [6.45, 7) is -0.567. The van der Waals surface area contributed by atoms with Crippen LogP contribution in [0, 0.1) is 0 Å². The quantitative estimate of drug-likeness (QED) is 0.326. The number of nitrogens with two attached hydrogens (primary N) is 1. The van der Waals surface area contributed by atoms with Gasteiger partial charge in [0.05, 0.1) is 12.2 Å². The van der Waals surface area contributed by atoms with Gasteiger partial charge in [0.25, 0.3) is 0 Å². The van der Waals surface area contributed by atoms with E-state index in [1.807, 2.05) is 0 Å². The molecule has 8 nitrogen and oxygen atoms in total. The van der Waals surface area contributed by atoms with E-state index in [9.17, 15) is 20.1 Å². The van der Waals surface area contributed by atoms with E-state index in [1.54, 1.807) is 6.07 Å². The van der Waals surface area contributed by atoms with Crippen LogP contribution >= 0.6 is 0 Å². The number of hydrogen-bond donors (Lipinski definition) is 5. The third-order valence-corrected chi connectivity index (χ3v) is 3.31. The van der Waals surface area contributed by atoms with E-state index in [0.29, 0.717) is 6.29 Å². The summed E-state index contributed by atoms with van der Waals surface area (Å²) in [6.07, 6.45) is -6.54. The molecule has 6 N–H and O–H groups in total. The molecule has 0 spiro atoms. The molecule has 0 radical (unpaired) electrons. The standard InChI is InChI=1S/C13H17NO7/c14-7-2-1-3-8(6(7)4-15)20-13-12(19)11(18)10(17)9(5-16)21-13/h1-4,9-13,16-19H,5,14H2/t9-,10-,11+,12-,13?/m1/s1. The van der Waals surface area contributed by atoms with Crippen molar-refractivity contribution in [3.8, 4) is 5.75 Å². The molecule has 0 amide bonds. The molecule has 2 rings (SSSR count). The van der Waals surface area contributed by atoms with Crippen molar-refractivity contribution in [3.05, 3.63) is 23.8 Å². The predicted molar refractivity (Wildman–Crippen MR) is 70.6 cm³/mol. The van der Waals surface area contributed by atoms with E-state index in [1.165, 1.54) is 12.1 Å². The summed E-state index contributed by atoms with van der Waals surface area (Å²) in [4.78, 5) is 11.0. The molecule has 1 aliphatic heterocycles. The molecule has 1 unspecified atom stereocenters. The van der Waals surface area contributed by atoms with Crippen molar-refractivity contribution < 1.29 is 34.7 Å². The number of ether oxygens (including phenoxy) is 2. The fourth-order valence-corrected chi connectivity index (χ4v) is 2.08. The Morgan fingerprint density at radius 2 is 1.95 bits per heavy atom. The maximum atomic E-state index is 11.0. The van der Waals surface area contributed by atoms with Crippen molar-refractivity contribution in [3.63, 3.8) is 0 Å². The molecule has 116 valence electrons. The Balaban J connectivity index is 2.22. The maximum Gasteiger partial charge on any atom is 0.229 e. The number of aliphatic hydroxyl groups excluding tert-OH is 4. The molecule has 1 aliphatic rings. The molecule has 0 bridgehead atoms. The van der Waals surface area contributed by atoms with Crippen molar-refractivity contribution in [1.82, 2.24) is 0 Å². The van der Waals surface area contributed by atoms with Crippen LogP contribution in [0.3, 0.4) is 0 Å². The van der Waals surface area contributed by atoms with Crippen LogP contribution < -0.4 is 10.5 Å². The first kappa shape index (κ1) is 15.7. The molecule has 1 aromatic carbocycles. The number of aldehydes is 1. The van der Waals surface area contributed by atoms with Crippen LogP contribution in [-0.4, -0.2) is 64.0 Å². The zero-order chi connectivity index (χ0) is 15.6. The molecule has 1 fully saturated rings. The van der Waals surface area contributed by atoms with Gasteiger partial charge in [0.15, 0.2) is 6.29 Å². The molecule has 1 aromatic rings. The van der Waals surface area contributed by atoms with Crippen LogP contribution in [-0.2, 0) is 4.74 Å². The highest BCUT2D eigenvalue weighted by Gasteiger charge is 2.44. The van der Waals surface area contributed by atoms with Crippen molar-refractivity contribution in [2.24, 2.45) is 0 Å². The second-order valence-corrected chi connectivity index (χ2v) is 4.69. The summed E-state index contributed by atoms with van der Waals surface area (Å²) < 4.78 is 10.5. The molecule has 1 heterocycles. The highest BCUT2D eigenvalue weighted by molar-refractivity contribution is 5.87. The minimum absolute atomic E-state index is 0.0642. The van der Waals surface area contributed by atoms with Gasteiger partial charge in [0, 0.05) is 5.69 Å². The largest absolute Gasteiger partial charge is 0.461 e. The number of rotatable bonds is 4. The number of anilines is 1. The van der Waals surface area contributed by atoms with Gasteiger partial charge < -0.3 is 35.6 Å². The number of hydrogen-bond acceptors (Lipinski definition) is 8. The van der Waals surface area contributed by atoms with Gasteiger partial charge in [-0.05, 0) is 12.1 Å². The maximum absolute atomic E-state index is 11.0. The van der Waals surface area contributed by atoms with Gasteiger partial charge >= 0.3 is 0 Å². The average molecular weight is 299 g/mol. The lowest BCUT2D eigenvalue weighted by molar-refractivity contribution is -0.277. The number of carbonyl (C=O) groups is 1. The summed E-state index contributed by atoms with van der Waals surface area (Å²) in [5.41, 5.74) is 5.90. The van der Waals surface area contributed by atoms with Gasteiger partial charge in [-0.2, -0.15) is 0 Å².